The molecule has 8 heteroatoms. The molecule has 0 aliphatic carbocycles. The fourth-order valence-corrected chi connectivity index (χ4v) is 2.15. The Morgan fingerprint density at radius 2 is 2.12 bits per heavy atom. The molecule has 0 bridgehead atoms. The minimum absolute atomic E-state index is 0.444. The molecule has 0 radical (unpaired) electrons. The van der Waals surface area contributed by atoms with E-state index in [0.29, 0.717) is 11.6 Å². The summed E-state index contributed by atoms with van der Waals surface area (Å²) in [5.74, 6) is -1.89. The van der Waals surface area contributed by atoms with Gasteiger partial charge in [0.1, 0.15) is 6.04 Å². The van der Waals surface area contributed by atoms with Gasteiger partial charge in [0.25, 0.3) is 0 Å². The molecule has 0 saturated carbocycles. The number of carboxylic acids is 2. The normalized spacial score (nSPS) is 21.4. The molecule has 1 heterocycles. The molecule has 1 aliphatic rings. The van der Waals surface area contributed by atoms with Gasteiger partial charge in [-0.25, -0.2) is 4.79 Å². The first-order valence-corrected chi connectivity index (χ1v) is 5.72. The van der Waals surface area contributed by atoms with E-state index in [1.165, 1.54) is 11.8 Å². The Kier molecular flexibility index (Phi) is 4.56. The summed E-state index contributed by atoms with van der Waals surface area (Å²) in [6, 6.07) is -1.82. The van der Waals surface area contributed by atoms with E-state index in [2.05, 4.69) is 10.6 Å². The van der Waals surface area contributed by atoms with Gasteiger partial charge in [0.15, 0.2) is 0 Å². The molecular weight excluding hydrogens is 236 g/mol. The summed E-state index contributed by atoms with van der Waals surface area (Å²) in [5, 5.41) is 22.2. The van der Waals surface area contributed by atoms with Crippen molar-refractivity contribution in [2.45, 2.75) is 18.5 Å². The zero-order valence-electron chi connectivity index (χ0n) is 8.30. The maximum absolute atomic E-state index is 11.5. The first-order valence-electron chi connectivity index (χ1n) is 4.57. The molecule has 2 atom stereocenters. The van der Waals surface area contributed by atoms with Crippen LogP contribution in [-0.4, -0.2) is 51.8 Å². The van der Waals surface area contributed by atoms with Gasteiger partial charge in [0, 0.05) is 11.6 Å². The minimum Gasteiger partial charge on any atom is -0.481 e. The number of carboxylic acid groups (broad SMARTS) is 2. The molecule has 1 aliphatic heterocycles. The summed E-state index contributed by atoms with van der Waals surface area (Å²) in [4.78, 5) is 32.6. The van der Waals surface area contributed by atoms with Gasteiger partial charge in [-0.1, -0.05) is 0 Å². The smallest absolute Gasteiger partial charge is 0.326 e. The molecular formula is C8H12N2O5S. The molecule has 0 aromatic heterocycles. The van der Waals surface area contributed by atoms with Crippen LogP contribution in [0, 0.1) is 0 Å². The van der Waals surface area contributed by atoms with Gasteiger partial charge in [-0.15, -0.1) is 11.8 Å². The minimum atomic E-state index is -1.38. The van der Waals surface area contributed by atoms with Crippen LogP contribution in [0.5, 0.6) is 0 Å². The third-order valence-corrected chi connectivity index (χ3v) is 2.97. The number of hydrogen-bond donors (Lipinski definition) is 4. The Morgan fingerprint density at radius 1 is 1.44 bits per heavy atom. The van der Waals surface area contributed by atoms with Crippen LogP contribution in [0.4, 0.5) is 0 Å². The number of carbonyl (C=O) groups is 3. The van der Waals surface area contributed by atoms with Crippen molar-refractivity contribution < 1.29 is 24.6 Å². The van der Waals surface area contributed by atoms with Crippen molar-refractivity contribution in [1.82, 2.24) is 10.6 Å². The molecule has 7 nitrogen and oxygen atoms in total. The van der Waals surface area contributed by atoms with Crippen molar-refractivity contribution in [2.24, 2.45) is 0 Å². The van der Waals surface area contributed by atoms with Crippen LogP contribution in [0.1, 0.15) is 6.42 Å². The number of hydrogen-bond acceptors (Lipinski definition) is 5. The van der Waals surface area contributed by atoms with Crippen molar-refractivity contribution in [1.29, 1.82) is 0 Å². The van der Waals surface area contributed by atoms with Crippen LogP contribution in [0.25, 0.3) is 0 Å². The zero-order chi connectivity index (χ0) is 12.1. The molecule has 1 fully saturated rings. The highest BCUT2D eigenvalue weighted by molar-refractivity contribution is 7.99. The Hall–Kier alpha value is -1.28. The van der Waals surface area contributed by atoms with Gasteiger partial charge in [-0.05, 0) is 0 Å². The topological polar surface area (TPSA) is 116 Å². The van der Waals surface area contributed by atoms with E-state index in [9.17, 15) is 14.4 Å². The first kappa shape index (κ1) is 12.8. The molecule has 1 amide bonds. The second-order valence-electron chi connectivity index (χ2n) is 3.27. The van der Waals surface area contributed by atoms with Gasteiger partial charge in [-0.3, -0.25) is 14.9 Å². The van der Waals surface area contributed by atoms with Crippen molar-refractivity contribution >= 4 is 29.6 Å². The van der Waals surface area contributed by atoms with Gasteiger partial charge >= 0.3 is 11.9 Å². The van der Waals surface area contributed by atoms with Crippen molar-refractivity contribution in [2.75, 3.05) is 11.6 Å². The fourth-order valence-electron chi connectivity index (χ4n) is 1.21. The van der Waals surface area contributed by atoms with Crippen LogP contribution >= 0.6 is 11.8 Å². The summed E-state index contributed by atoms with van der Waals surface area (Å²) in [7, 11) is 0. The Labute approximate surface area is 95.6 Å². The van der Waals surface area contributed by atoms with Crippen LogP contribution < -0.4 is 10.6 Å². The summed E-state index contributed by atoms with van der Waals surface area (Å²) in [6.07, 6.45) is -0.624. The summed E-state index contributed by atoms with van der Waals surface area (Å²) >= 11 is 1.52. The number of carbonyl (C=O) groups excluding carboxylic acids is 1. The standard InChI is InChI=1S/C8H12N2O5S/c11-6(12)1-4(8(14)15)10-7(13)5-2-16-3-9-5/h4-5,9H,1-3H2,(H,10,13)(H,11,12)(H,14,15). The van der Waals surface area contributed by atoms with Gasteiger partial charge < -0.3 is 15.5 Å². The summed E-state index contributed by atoms with van der Waals surface area (Å²) in [6.45, 7) is 0. The van der Waals surface area contributed by atoms with Crippen LogP contribution in [0.3, 0.4) is 0 Å². The summed E-state index contributed by atoms with van der Waals surface area (Å²) < 4.78 is 0. The number of thioether (sulfide) groups is 1. The predicted molar refractivity (Wildman–Crippen MR) is 56.1 cm³/mol. The zero-order valence-corrected chi connectivity index (χ0v) is 9.12. The van der Waals surface area contributed by atoms with E-state index in [0.717, 1.165) is 0 Å². The lowest BCUT2D eigenvalue weighted by molar-refractivity contribution is -0.147. The van der Waals surface area contributed by atoms with Crippen molar-refractivity contribution in [3.63, 3.8) is 0 Å². The van der Waals surface area contributed by atoms with E-state index >= 15 is 0 Å². The second-order valence-corrected chi connectivity index (χ2v) is 4.30. The van der Waals surface area contributed by atoms with Gasteiger partial charge in [-0.2, -0.15) is 0 Å². The molecule has 4 N–H and O–H groups in total. The third kappa shape index (κ3) is 3.70. The lowest BCUT2D eigenvalue weighted by Gasteiger charge is -2.15. The lowest BCUT2D eigenvalue weighted by atomic mass is 10.2. The molecule has 90 valence electrons. The molecule has 16 heavy (non-hydrogen) atoms. The van der Waals surface area contributed by atoms with Crippen LogP contribution in [0.2, 0.25) is 0 Å². The molecule has 1 rings (SSSR count). The molecule has 0 aromatic rings. The van der Waals surface area contributed by atoms with Crippen LogP contribution in [-0.2, 0) is 14.4 Å². The number of amides is 1. The quantitative estimate of drug-likeness (QED) is 0.477. The van der Waals surface area contributed by atoms with Gasteiger partial charge in [0.2, 0.25) is 5.91 Å². The largest absolute Gasteiger partial charge is 0.481 e. The average molecular weight is 248 g/mol. The van der Waals surface area contributed by atoms with Crippen molar-refractivity contribution in [3.8, 4) is 0 Å². The number of rotatable bonds is 5. The molecule has 0 aromatic carbocycles. The summed E-state index contributed by atoms with van der Waals surface area (Å²) in [5.41, 5.74) is 0. The lowest BCUT2D eigenvalue weighted by Crippen LogP contribution is -2.49. The van der Waals surface area contributed by atoms with E-state index in [4.69, 9.17) is 10.2 Å². The van der Waals surface area contributed by atoms with E-state index < -0.39 is 36.4 Å². The maximum Gasteiger partial charge on any atom is 0.326 e. The monoisotopic (exact) mass is 248 g/mol. The maximum atomic E-state index is 11.5. The highest BCUT2D eigenvalue weighted by Crippen LogP contribution is 2.09. The highest BCUT2D eigenvalue weighted by atomic mass is 32.2. The first-order chi connectivity index (χ1) is 7.50. The number of aliphatic carboxylic acids is 2. The van der Waals surface area contributed by atoms with E-state index in [-0.39, 0.29) is 0 Å². The van der Waals surface area contributed by atoms with Crippen LogP contribution in [0.15, 0.2) is 0 Å². The average Bonchev–Trinajstić information content (AvgIpc) is 2.68. The Bertz CT molecular complexity index is 303. The Morgan fingerprint density at radius 3 is 2.56 bits per heavy atom. The Balaban J connectivity index is 2.50. The molecule has 0 spiro atoms. The predicted octanol–water partition coefficient (Wildman–Crippen LogP) is -1.31. The van der Waals surface area contributed by atoms with E-state index in [1.54, 1.807) is 0 Å². The third-order valence-electron chi connectivity index (χ3n) is 2.03. The molecule has 1 saturated heterocycles. The van der Waals surface area contributed by atoms with Crippen molar-refractivity contribution in [3.05, 3.63) is 0 Å². The fraction of sp³-hybridized carbons (Fsp3) is 0.625. The van der Waals surface area contributed by atoms with Gasteiger partial charge in [0.05, 0.1) is 12.5 Å². The number of nitrogens with one attached hydrogen (secondary N) is 2. The highest BCUT2D eigenvalue weighted by Gasteiger charge is 2.28. The second kappa shape index (κ2) is 5.71. The SMILES string of the molecule is O=C(O)CC(NC(=O)C1CSCN1)C(=O)O. The molecule has 2 unspecified atom stereocenters. The van der Waals surface area contributed by atoms with E-state index in [1.807, 2.05) is 0 Å².